The van der Waals surface area contributed by atoms with E-state index in [0.717, 1.165) is 16.7 Å². The molecule has 5 aromatic rings. The number of fused-ring (bicyclic) bond motifs is 1. The van der Waals surface area contributed by atoms with Gasteiger partial charge < -0.3 is 33.4 Å². The minimum Gasteiger partial charge on any atom is -0.488 e. The van der Waals surface area contributed by atoms with Crippen LogP contribution in [-0.2, 0) is 54.7 Å². The zero-order valence-electron chi connectivity index (χ0n) is 27.5. The van der Waals surface area contributed by atoms with E-state index in [1.165, 1.54) is 14.0 Å². The average molecular weight is 666 g/mol. The van der Waals surface area contributed by atoms with Crippen LogP contribution in [0.2, 0.25) is 0 Å². The summed E-state index contributed by atoms with van der Waals surface area (Å²) in [4.78, 5) is 41.0. The Bertz CT molecular complexity index is 1820. The first kappa shape index (κ1) is 34.9. The molecular formula is C39H39NO9. The predicted octanol–water partition coefficient (Wildman–Crippen LogP) is 6.60. The van der Waals surface area contributed by atoms with Gasteiger partial charge in [-0.2, -0.15) is 0 Å². The van der Waals surface area contributed by atoms with Gasteiger partial charge in [0.2, 0.25) is 0 Å². The van der Waals surface area contributed by atoms with Crippen LogP contribution in [-0.4, -0.2) is 55.9 Å². The smallest absolute Gasteiger partial charge is 0.354 e. The standard InChI is InChI=1S/C39H39NO9/c1-27(41)46-18-19-47-36-22-34(38(42)49-25-30-16-10-5-11-17-30)32(33-21-35(39(43)44-2)40-37(33)36)20-31(48-24-29-14-8-4-9-15-29)26-45-23-28-12-6-3-7-13-28/h3-17,21-22,31,40H,18-20,23-26H2,1-2H3/t31-/m0/s1. The lowest BCUT2D eigenvalue weighted by Gasteiger charge is -2.21. The van der Waals surface area contributed by atoms with Gasteiger partial charge in [-0.05, 0) is 34.4 Å². The molecule has 49 heavy (non-hydrogen) atoms. The molecule has 1 aromatic heterocycles. The number of rotatable bonds is 17. The van der Waals surface area contributed by atoms with Crippen molar-refractivity contribution in [1.82, 2.24) is 4.98 Å². The summed E-state index contributed by atoms with van der Waals surface area (Å²) in [6.45, 7) is 2.26. The molecule has 10 heteroatoms. The zero-order valence-corrected chi connectivity index (χ0v) is 27.5. The summed E-state index contributed by atoms with van der Waals surface area (Å²) in [5.41, 5.74) is 4.26. The molecule has 0 bridgehead atoms. The number of hydrogen-bond acceptors (Lipinski definition) is 9. The molecule has 1 atom stereocenters. The number of ether oxygens (including phenoxy) is 6. The van der Waals surface area contributed by atoms with Crippen LogP contribution in [0.4, 0.5) is 0 Å². The van der Waals surface area contributed by atoms with Crippen LogP contribution in [0.5, 0.6) is 5.75 Å². The van der Waals surface area contributed by atoms with Crippen LogP contribution in [0, 0.1) is 0 Å². The van der Waals surface area contributed by atoms with E-state index >= 15 is 0 Å². The summed E-state index contributed by atoms with van der Waals surface area (Å²) in [7, 11) is 1.29. The number of methoxy groups -OCH3 is 1. The topological polar surface area (TPSA) is 122 Å². The maximum atomic E-state index is 13.9. The molecule has 5 rings (SSSR count). The molecule has 0 saturated carbocycles. The van der Waals surface area contributed by atoms with E-state index in [0.29, 0.717) is 29.7 Å². The number of H-pyrrole nitrogens is 1. The third kappa shape index (κ3) is 10.0. The van der Waals surface area contributed by atoms with Crippen molar-refractivity contribution < 1.29 is 42.8 Å². The van der Waals surface area contributed by atoms with E-state index in [1.54, 1.807) is 12.1 Å². The van der Waals surface area contributed by atoms with E-state index in [2.05, 4.69) is 4.98 Å². The highest BCUT2D eigenvalue weighted by Gasteiger charge is 2.26. The van der Waals surface area contributed by atoms with E-state index in [9.17, 15) is 14.4 Å². The maximum Gasteiger partial charge on any atom is 0.354 e. The number of nitrogens with one attached hydrogen (secondary N) is 1. The van der Waals surface area contributed by atoms with Gasteiger partial charge >= 0.3 is 17.9 Å². The van der Waals surface area contributed by atoms with E-state index < -0.39 is 24.0 Å². The lowest BCUT2D eigenvalue weighted by atomic mass is 9.96. The summed E-state index contributed by atoms with van der Waals surface area (Å²) in [6.07, 6.45) is -0.264. The second-order valence-corrected chi connectivity index (χ2v) is 11.2. The quantitative estimate of drug-likeness (QED) is 0.0665. The molecular weight excluding hydrogens is 626 g/mol. The van der Waals surface area contributed by atoms with Crippen LogP contribution in [0.3, 0.4) is 0 Å². The van der Waals surface area contributed by atoms with Crippen LogP contribution in [0.15, 0.2) is 103 Å². The lowest BCUT2D eigenvalue weighted by Crippen LogP contribution is -2.24. The highest BCUT2D eigenvalue weighted by Crippen LogP contribution is 2.34. The zero-order chi connectivity index (χ0) is 34.4. The molecule has 0 saturated heterocycles. The van der Waals surface area contributed by atoms with E-state index in [1.807, 2.05) is 91.0 Å². The third-order valence-corrected chi connectivity index (χ3v) is 7.65. The fraction of sp³-hybridized carbons (Fsp3) is 0.256. The van der Waals surface area contributed by atoms with Crippen molar-refractivity contribution >= 4 is 28.8 Å². The summed E-state index contributed by atoms with van der Waals surface area (Å²) < 4.78 is 34.4. The van der Waals surface area contributed by atoms with Crippen molar-refractivity contribution in [3.05, 3.63) is 137 Å². The number of aromatic amines is 1. The molecule has 0 spiro atoms. The lowest BCUT2D eigenvalue weighted by molar-refractivity contribution is -0.141. The molecule has 0 radical (unpaired) electrons. The van der Waals surface area contributed by atoms with Gasteiger partial charge in [-0.1, -0.05) is 91.0 Å². The third-order valence-electron chi connectivity index (χ3n) is 7.65. The number of carbonyl (C=O) groups is 3. The van der Waals surface area contributed by atoms with Crippen molar-refractivity contribution in [3.63, 3.8) is 0 Å². The number of hydrogen-bond donors (Lipinski definition) is 1. The van der Waals surface area contributed by atoms with Gasteiger partial charge in [-0.3, -0.25) is 4.79 Å². The largest absolute Gasteiger partial charge is 0.488 e. The Morgan fingerprint density at radius 3 is 1.94 bits per heavy atom. The SMILES string of the molecule is COC(=O)c1cc2c(C[C@@H](COCc3ccccc3)OCc3ccccc3)c(C(=O)OCc3ccccc3)cc(OCCOC(C)=O)c2[nH]1. The van der Waals surface area contributed by atoms with Crippen LogP contribution in [0.1, 0.15) is 50.0 Å². The molecule has 10 nitrogen and oxygen atoms in total. The van der Waals surface area contributed by atoms with E-state index in [4.69, 9.17) is 28.4 Å². The first-order chi connectivity index (χ1) is 23.9. The Balaban J connectivity index is 1.52. The minimum atomic E-state index is -0.593. The van der Waals surface area contributed by atoms with Gasteiger partial charge in [0, 0.05) is 18.7 Å². The van der Waals surface area contributed by atoms with Gasteiger partial charge in [-0.25, -0.2) is 9.59 Å². The second kappa shape index (κ2) is 17.6. The molecule has 0 aliphatic rings. The monoisotopic (exact) mass is 665 g/mol. The number of carbonyl (C=O) groups excluding carboxylic acids is 3. The van der Waals surface area contributed by atoms with Crippen molar-refractivity contribution in [2.75, 3.05) is 26.9 Å². The molecule has 1 N–H and O–H groups in total. The first-order valence-corrected chi connectivity index (χ1v) is 15.9. The van der Waals surface area contributed by atoms with Crippen molar-refractivity contribution in [2.24, 2.45) is 0 Å². The van der Waals surface area contributed by atoms with Gasteiger partial charge in [0.25, 0.3) is 0 Å². The summed E-state index contributed by atoms with van der Waals surface area (Å²) in [6, 6.07) is 32.2. The van der Waals surface area contributed by atoms with Crippen LogP contribution >= 0.6 is 0 Å². The van der Waals surface area contributed by atoms with E-state index in [-0.39, 0.29) is 49.9 Å². The Morgan fingerprint density at radius 1 is 0.714 bits per heavy atom. The van der Waals surface area contributed by atoms with Crippen LogP contribution < -0.4 is 4.74 Å². The van der Waals surface area contributed by atoms with Crippen molar-refractivity contribution in [1.29, 1.82) is 0 Å². The Kier molecular flexibility index (Phi) is 12.5. The van der Waals surface area contributed by atoms with Gasteiger partial charge in [-0.15, -0.1) is 0 Å². The molecule has 0 amide bonds. The molecule has 0 aliphatic heterocycles. The summed E-state index contributed by atoms with van der Waals surface area (Å²) in [5.74, 6) is -1.35. The minimum absolute atomic E-state index is 0.00884. The normalized spacial score (nSPS) is 11.6. The Hall–Kier alpha value is -5.45. The van der Waals surface area contributed by atoms with Crippen molar-refractivity contribution in [3.8, 4) is 5.75 Å². The molecule has 1 heterocycles. The number of esters is 3. The highest BCUT2D eigenvalue weighted by atomic mass is 16.6. The Morgan fingerprint density at radius 2 is 1.33 bits per heavy atom. The predicted molar refractivity (Wildman–Crippen MR) is 182 cm³/mol. The maximum absolute atomic E-state index is 13.9. The fourth-order valence-electron chi connectivity index (χ4n) is 5.26. The highest BCUT2D eigenvalue weighted by molar-refractivity contribution is 6.04. The van der Waals surface area contributed by atoms with Crippen molar-refractivity contribution in [2.45, 2.75) is 39.3 Å². The van der Waals surface area contributed by atoms with Gasteiger partial charge in [0.15, 0.2) is 0 Å². The molecule has 0 fully saturated rings. The molecule has 254 valence electrons. The summed E-state index contributed by atoms with van der Waals surface area (Å²) >= 11 is 0. The second-order valence-electron chi connectivity index (χ2n) is 11.2. The average Bonchev–Trinajstić information content (AvgIpc) is 3.59. The molecule has 0 aliphatic carbocycles. The number of aromatic nitrogens is 1. The summed E-state index contributed by atoms with van der Waals surface area (Å²) in [5, 5.41) is 0.549. The molecule has 4 aromatic carbocycles. The van der Waals surface area contributed by atoms with Crippen LogP contribution in [0.25, 0.3) is 10.9 Å². The van der Waals surface area contributed by atoms with Gasteiger partial charge in [0.1, 0.15) is 31.3 Å². The Labute approximate surface area is 284 Å². The fourth-order valence-corrected chi connectivity index (χ4v) is 5.26. The first-order valence-electron chi connectivity index (χ1n) is 15.9. The number of benzene rings is 4. The van der Waals surface area contributed by atoms with Gasteiger partial charge in [0.05, 0.1) is 44.1 Å². The molecule has 0 unspecified atom stereocenters.